The summed E-state index contributed by atoms with van der Waals surface area (Å²) >= 11 is 0. The third kappa shape index (κ3) is 5.57. The highest BCUT2D eigenvalue weighted by atomic mass is 19.4. The predicted molar refractivity (Wildman–Crippen MR) is 117 cm³/mol. The van der Waals surface area contributed by atoms with Crippen LogP contribution in [0.15, 0.2) is 36.5 Å². The Balaban J connectivity index is 2.13. The Morgan fingerprint density at radius 2 is 1.66 bits per heavy atom. The second-order valence-corrected chi connectivity index (χ2v) is 9.90. The van der Waals surface area contributed by atoms with E-state index in [9.17, 15) is 18.0 Å². The van der Waals surface area contributed by atoms with Crippen molar-refractivity contribution >= 4 is 17.4 Å². The Morgan fingerprint density at radius 1 is 1.03 bits per heavy atom. The van der Waals surface area contributed by atoms with E-state index in [1.54, 1.807) is 10.7 Å². The minimum absolute atomic E-state index is 0.212. The molecule has 0 saturated carbocycles. The van der Waals surface area contributed by atoms with E-state index in [0.717, 1.165) is 5.69 Å². The van der Waals surface area contributed by atoms with Gasteiger partial charge in [-0.05, 0) is 29.2 Å². The van der Waals surface area contributed by atoms with E-state index in [1.165, 1.54) is 24.3 Å². The fourth-order valence-electron chi connectivity index (χ4n) is 3.35. The highest BCUT2D eigenvalue weighted by Gasteiger charge is 2.31. The number of nitrogens with zero attached hydrogens (tertiary/aromatic N) is 3. The number of halogens is 3. The summed E-state index contributed by atoms with van der Waals surface area (Å²) in [5.41, 5.74) is 1.96. The van der Waals surface area contributed by atoms with Crippen molar-refractivity contribution in [1.29, 1.82) is 0 Å². The Labute approximate surface area is 184 Å². The van der Waals surface area contributed by atoms with Crippen LogP contribution in [0.2, 0.25) is 0 Å². The zero-order valence-electron chi connectivity index (χ0n) is 19.0. The lowest BCUT2D eigenvalue weighted by molar-refractivity contribution is -0.274. The van der Waals surface area contributed by atoms with E-state index in [0.29, 0.717) is 22.6 Å². The lowest BCUT2D eigenvalue weighted by Gasteiger charge is -2.19. The molecule has 2 aromatic heterocycles. The Hall–Kier alpha value is -3.10. The summed E-state index contributed by atoms with van der Waals surface area (Å²) in [6, 6.07) is 7.28. The van der Waals surface area contributed by atoms with Gasteiger partial charge >= 0.3 is 6.36 Å². The molecule has 0 aliphatic rings. The average molecular weight is 448 g/mol. The van der Waals surface area contributed by atoms with Gasteiger partial charge in [-0.2, -0.15) is 0 Å². The van der Waals surface area contributed by atoms with Crippen LogP contribution in [0.1, 0.15) is 53.7 Å². The molecule has 32 heavy (non-hydrogen) atoms. The SMILES string of the molecule is CC(C)(C)CC(=O)Nc1nn2c(C(C)(C)C)ccnc2c1-c1ccc(OC(F)(F)F)cc1. The normalized spacial score (nSPS) is 12.8. The second-order valence-electron chi connectivity index (χ2n) is 9.90. The zero-order chi connectivity index (χ0) is 23.9. The highest BCUT2D eigenvalue weighted by Crippen LogP contribution is 2.35. The van der Waals surface area contributed by atoms with Gasteiger partial charge in [0.1, 0.15) is 5.75 Å². The number of benzene rings is 1. The minimum Gasteiger partial charge on any atom is -0.406 e. The van der Waals surface area contributed by atoms with Crippen molar-refractivity contribution in [3.63, 3.8) is 0 Å². The lowest BCUT2D eigenvalue weighted by Crippen LogP contribution is -2.20. The predicted octanol–water partition coefficient (Wildman–Crippen LogP) is 5.97. The van der Waals surface area contributed by atoms with Crippen molar-refractivity contribution in [3.05, 3.63) is 42.2 Å². The van der Waals surface area contributed by atoms with Gasteiger partial charge in [0.25, 0.3) is 0 Å². The monoisotopic (exact) mass is 448 g/mol. The maximum absolute atomic E-state index is 12.7. The molecule has 0 radical (unpaired) electrons. The smallest absolute Gasteiger partial charge is 0.406 e. The van der Waals surface area contributed by atoms with E-state index < -0.39 is 6.36 Å². The van der Waals surface area contributed by atoms with Gasteiger partial charge in [0.2, 0.25) is 5.91 Å². The van der Waals surface area contributed by atoms with E-state index >= 15 is 0 Å². The molecule has 0 bridgehead atoms. The molecule has 3 aromatic rings. The molecule has 0 saturated heterocycles. The first-order valence-corrected chi connectivity index (χ1v) is 10.2. The summed E-state index contributed by atoms with van der Waals surface area (Å²) in [5.74, 6) is -0.246. The Kier molecular flexibility index (Phi) is 5.97. The number of alkyl halides is 3. The van der Waals surface area contributed by atoms with E-state index in [-0.39, 0.29) is 28.9 Å². The molecule has 1 aromatic carbocycles. The minimum atomic E-state index is -4.78. The molecule has 9 heteroatoms. The number of amides is 1. The van der Waals surface area contributed by atoms with Gasteiger partial charge in [-0.25, -0.2) is 9.50 Å². The van der Waals surface area contributed by atoms with Crippen molar-refractivity contribution in [2.75, 3.05) is 5.32 Å². The Bertz CT molecular complexity index is 1120. The molecule has 3 rings (SSSR count). The average Bonchev–Trinajstić information content (AvgIpc) is 2.96. The number of carbonyl (C=O) groups excluding carboxylic acids is 1. The molecule has 0 aliphatic heterocycles. The fraction of sp³-hybridized carbons (Fsp3) is 0.435. The number of nitrogens with one attached hydrogen (secondary N) is 1. The van der Waals surface area contributed by atoms with Gasteiger partial charge in [0.15, 0.2) is 11.5 Å². The van der Waals surface area contributed by atoms with Crippen LogP contribution < -0.4 is 10.1 Å². The molecule has 1 N–H and O–H groups in total. The van der Waals surface area contributed by atoms with Gasteiger partial charge in [-0.3, -0.25) is 4.79 Å². The second kappa shape index (κ2) is 8.11. The van der Waals surface area contributed by atoms with Gasteiger partial charge < -0.3 is 10.1 Å². The van der Waals surface area contributed by atoms with Crippen molar-refractivity contribution in [2.24, 2.45) is 5.41 Å². The number of carbonyl (C=O) groups is 1. The molecule has 0 atom stereocenters. The van der Waals surface area contributed by atoms with Crippen LogP contribution in [0.4, 0.5) is 19.0 Å². The first-order valence-electron chi connectivity index (χ1n) is 10.2. The summed E-state index contributed by atoms with van der Waals surface area (Å²) in [6.45, 7) is 12.0. The first kappa shape index (κ1) is 23.6. The fourth-order valence-corrected chi connectivity index (χ4v) is 3.35. The summed E-state index contributed by atoms with van der Waals surface area (Å²) in [5, 5.41) is 7.48. The standard InChI is InChI=1S/C23H27F3N4O2/c1-21(2,3)13-17(31)28-19-18(14-7-9-15(10-8-14)32-23(24,25)26)20-27-12-11-16(22(4,5)6)30(20)29-19/h7-12H,13H2,1-6H3,(H,28,29,31). The quantitative estimate of drug-likeness (QED) is 0.534. The molecule has 0 fully saturated rings. The van der Waals surface area contributed by atoms with Crippen LogP contribution in [-0.2, 0) is 10.2 Å². The van der Waals surface area contributed by atoms with Crippen LogP contribution >= 0.6 is 0 Å². The molecule has 0 spiro atoms. The van der Waals surface area contributed by atoms with Crippen molar-refractivity contribution < 1.29 is 22.7 Å². The summed E-state index contributed by atoms with van der Waals surface area (Å²) in [7, 11) is 0. The lowest BCUT2D eigenvalue weighted by atomic mass is 9.92. The van der Waals surface area contributed by atoms with E-state index in [2.05, 4.69) is 20.1 Å². The molecule has 1 amide bonds. The largest absolute Gasteiger partial charge is 0.573 e. The molecule has 0 unspecified atom stereocenters. The number of hydrogen-bond acceptors (Lipinski definition) is 4. The zero-order valence-corrected chi connectivity index (χ0v) is 19.0. The third-order valence-corrected chi connectivity index (χ3v) is 4.61. The van der Waals surface area contributed by atoms with Crippen molar-refractivity contribution in [3.8, 4) is 16.9 Å². The molecule has 172 valence electrons. The number of ether oxygens (including phenoxy) is 1. The number of aromatic nitrogens is 3. The van der Waals surface area contributed by atoms with Crippen LogP contribution in [0.25, 0.3) is 16.8 Å². The maximum atomic E-state index is 12.7. The molecule has 0 aliphatic carbocycles. The molecular weight excluding hydrogens is 421 g/mol. The van der Waals surface area contributed by atoms with Gasteiger partial charge in [0, 0.05) is 18.0 Å². The number of fused-ring (bicyclic) bond motifs is 1. The summed E-state index contributed by atoms with van der Waals surface area (Å²) < 4.78 is 43.2. The van der Waals surface area contributed by atoms with Gasteiger partial charge in [-0.15, -0.1) is 18.3 Å². The summed E-state index contributed by atoms with van der Waals surface area (Å²) in [4.78, 5) is 17.1. The molecule has 2 heterocycles. The number of hydrogen-bond donors (Lipinski definition) is 1. The van der Waals surface area contributed by atoms with E-state index in [4.69, 9.17) is 0 Å². The highest BCUT2D eigenvalue weighted by molar-refractivity contribution is 5.98. The topological polar surface area (TPSA) is 68.5 Å². The van der Waals surface area contributed by atoms with Crippen molar-refractivity contribution in [1.82, 2.24) is 14.6 Å². The van der Waals surface area contributed by atoms with Crippen LogP contribution in [0, 0.1) is 5.41 Å². The third-order valence-electron chi connectivity index (χ3n) is 4.61. The maximum Gasteiger partial charge on any atom is 0.573 e. The van der Waals surface area contributed by atoms with Gasteiger partial charge in [0.05, 0.1) is 11.3 Å². The number of rotatable bonds is 4. The van der Waals surface area contributed by atoms with Crippen molar-refractivity contribution in [2.45, 2.75) is 59.7 Å². The van der Waals surface area contributed by atoms with Gasteiger partial charge in [-0.1, -0.05) is 53.7 Å². The Morgan fingerprint density at radius 3 is 2.19 bits per heavy atom. The van der Waals surface area contributed by atoms with Crippen LogP contribution in [0.5, 0.6) is 5.75 Å². The molecular formula is C23H27F3N4O2. The first-order chi connectivity index (χ1) is 14.6. The van der Waals surface area contributed by atoms with Crippen LogP contribution in [-0.4, -0.2) is 26.9 Å². The molecule has 6 nitrogen and oxygen atoms in total. The van der Waals surface area contributed by atoms with Crippen LogP contribution in [0.3, 0.4) is 0 Å². The van der Waals surface area contributed by atoms with E-state index in [1.807, 2.05) is 47.6 Å². The number of anilines is 1. The summed E-state index contributed by atoms with van der Waals surface area (Å²) in [6.07, 6.45) is -2.84.